The normalized spacial score (nSPS) is 20.9. The van der Waals surface area contributed by atoms with Crippen molar-refractivity contribution < 1.29 is 14.3 Å². The number of morpholine rings is 1. The van der Waals surface area contributed by atoms with Crippen LogP contribution >= 0.6 is 22.9 Å². The van der Waals surface area contributed by atoms with Gasteiger partial charge < -0.3 is 14.4 Å². The van der Waals surface area contributed by atoms with Crippen LogP contribution in [0.15, 0.2) is 0 Å². The molecule has 136 valence electrons. The number of nitrogens with zero attached hydrogens (tertiary/aromatic N) is 3. The van der Waals surface area contributed by atoms with Crippen LogP contribution in [0.4, 0.5) is 5.82 Å². The number of thiophene rings is 1. The molecule has 0 radical (unpaired) electrons. The van der Waals surface area contributed by atoms with Gasteiger partial charge in [0, 0.05) is 13.1 Å². The summed E-state index contributed by atoms with van der Waals surface area (Å²) < 4.78 is 11.1. The van der Waals surface area contributed by atoms with Crippen molar-refractivity contribution in [2.45, 2.75) is 46.3 Å². The standard InChI is InChI=1S/C17H22ClN3O3S/c1-5-6-23-16(22)13-11(4)12-14(19-17(18)20-15(12)25-13)21-7-9(2)24-10(3)8-21/h9-10H,5-8H2,1-4H3. The zero-order chi connectivity index (χ0) is 18.1. The van der Waals surface area contributed by atoms with E-state index in [2.05, 4.69) is 14.9 Å². The number of hydrogen-bond acceptors (Lipinski definition) is 7. The molecule has 3 heterocycles. The zero-order valence-corrected chi connectivity index (χ0v) is 16.4. The third-order valence-electron chi connectivity index (χ3n) is 4.09. The number of aryl methyl sites for hydroxylation is 1. The van der Waals surface area contributed by atoms with Gasteiger partial charge >= 0.3 is 5.97 Å². The Bertz CT molecular complexity index is 785. The number of fused-ring (bicyclic) bond motifs is 1. The molecule has 25 heavy (non-hydrogen) atoms. The summed E-state index contributed by atoms with van der Waals surface area (Å²) in [6.07, 6.45) is 0.983. The fraction of sp³-hybridized carbons (Fsp3) is 0.588. The van der Waals surface area contributed by atoms with Crippen molar-refractivity contribution in [3.8, 4) is 0 Å². The molecule has 0 spiro atoms. The smallest absolute Gasteiger partial charge is 0.348 e. The summed E-state index contributed by atoms with van der Waals surface area (Å²) >= 11 is 7.46. The first-order chi connectivity index (χ1) is 11.9. The summed E-state index contributed by atoms with van der Waals surface area (Å²) in [7, 11) is 0. The van der Waals surface area contributed by atoms with Crippen molar-refractivity contribution in [3.05, 3.63) is 15.7 Å². The minimum Gasteiger partial charge on any atom is -0.462 e. The van der Waals surface area contributed by atoms with Crippen molar-refractivity contribution in [1.82, 2.24) is 9.97 Å². The van der Waals surface area contributed by atoms with Gasteiger partial charge in [-0.3, -0.25) is 0 Å². The number of ether oxygens (including phenoxy) is 2. The van der Waals surface area contributed by atoms with E-state index in [9.17, 15) is 4.79 Å². The van der Waals surface area contributed by atoms with E-state index in [0.29, 0.717) is 16.3 Å². The number of esters is 1. The summed E-state index contributed by atoms with van der Waals surface area (Å²) in [6.45, 7) is 9.80. The maximum atomic E-state index is 12.3. The molecule has 0 N–H and O–H groups in total. The predicted octanol–water partition coefficient (Wildman–Crippen LogP) is 3.83. The highest BCUT2D eigenvalue weighted by Crippen LogP contribution is 2.37. The third-order valence-corrected chi connectivity index (χ3v) is 5.42. The van der Waals surface area contributed by atoms with E-state index in [4.69, 9.17) is 21.1 Å². The summed E-state index contributed by atoms with van der Waals surface area (Å²) in [4.78, 5) is 24.6. The fourth-order valence-electron chi connectivity index (χ4n) is 3.13. The van der Waals surface area contributed by atoms with E-state index in [-0.39, 0.29) is 23.5 Å². The maximum absolute atomic E-state index is 12.3. The van der Waals surface area contributed by atoms with Gasteiger partial charge in [0.15, 0.2) is 0 Å². The first-order valence-electron chi connectivity index (χ1n) is 8.44. The van der Waals surface area contributed by atoms with Crippen LogP contribution in [-0.2, 0) is 9.47 Å². The van der Waals surface area contributed by atoms with Crippen molar-refractivity contribution >= 4 is 44.9 Å². The highest BCUT2D eigenvalue weighted by molar-refractivity contribution is 7.20. The number of halogens is 1. The molecule has 3 rings (SSSR count). The van der Waals surface area contributed by atoms with Crippen LogP contribution in [0.5, 0.6) is 0 Å². The molecule has 2 aromatic heterocycles. The van der Waals surface area contributed by atoms with Gasteiger partial charge in [-0.25, -0.2) is 9.78 Å². The van der Waals surface area contributed by atoms with Gasteiger partial charge in [-0.05, 0) is 44.4 Å². The summed E-state index contributed by atoms with van der Waals surface area (Å²) in [5.41, 5.74) is 0.847. The van der Waals surface area contributed by atoms with E-state index >= 15 is 0 Å². The van der Waals surface area contributed by atoms with Gasteiger partial charge in [0.05, 0.1) is 24.2 Å². The Morgan fingerprint density at radius 1 is 1.36 bits per heavy atom. The molecule has 2 unspecified atom stereocenters. The highest BCUT2D eigenvalue weighted by atomic mass is 35.5. The van der Waals surface area contributed by atoms with Crippen LogP contribution in [-0.4, -0.2) is 47.8 Å². The molecule has 1 aliphatic rings. The number of anilines is 1. The van der Waals surface area contributed by atoms with Crippen LogP contribution in [0.2, 0.25) is 5.28 Å². The minimum absolute atomic E-state index is 0.0977. The topological polar surface area (TPSA) is 64.5 Å². The summed E-state index contributed by atoms with van der Waals surface area (Å²) in [5.74, 6) is 0.452. The molecular weight excluding hydrogens is 362 g/mol. The molecule has 0 aliphatic carbocycles. The predicted molar refractivity (Wildman–Crippen MR) is 100.0 cm³/mol. The largest absolute Gasteiger partial charge is 0.462 e. The Balaban J connectivity index is 2.06. The minimum atomic E-state index is -0.312. The Labute approximate surface area is 156 Å². The van der Waals surface area contributed by atoms with E-state index in [0.717, 1.165) is 36.3 Å². The third kappa shape index (κ3) is 3.73. The van der Waals surface area contributed by atoms with Crippen LogP contribution < -0.4 is 4.90 Å². The first kappa shape index (κ1) is 18.4. The van der Waals surface area contributed by atoms with Gasteiger partial charge in [0.2, 0.25) is 5.28 Å². The van der Waals surface area contributed by atoms with Crippen molar-refractivity contribution in [2.75, 3.05) is 24.6 Å². The highest BCUT2D eigenvalue weighted by Gasteiger charge is 2.28. The SMILES string of the molecule is CCCOC(=O)c1sc2nc(Cl)nc(N3CC(C)OC(C)C3)c2c1C. The lowest BCUT2D eigenvalue weighted by Crippen LogP contribution is -2.46. The molecule has 2 aromatic rings. The average Bonchev–Trinajstić information content (AvgIpc) is 2.87. The molecule has 0 saturated carbocycles. The van der Waals surface area contributed by atoms with Crippen LogP contribution in [0, 0.1) is 6.92 Å². The second kappa shape index (κ2) is 7.43. The van der Waals surface area contributed by atoms with Crippen LogP contribution in [0.3, 0.4) is 0 Å². The molecule has 0 bridgehead atoms. The molecular formula is C17H22ClN3O3S. The lowest BCUT2D eigenvalue weighted by Gasteiger charge is -2.36. The second-order valence-electron chi connectivity index (χ2n) is 6.35. The summed E-state index contributed by atoms with van der Waals surface area (Å²) in [5, 5.41) is 1.06. The van der Waals surface area contributed by atoms with E-state index < -0.39 is 0 Å². The number of carbonyl (C=O) groups excluding carboxylic acids is 1. The van der Waals surface area contributed by atoms with Crippen LogP contribution in [0.1, 0.15) is 42.4 Å². The van der Waals surface area contributed by atoms with Gasteiger partial charge in [-0.15, -0.1) is 11.3 Å². The molecule has 1 aliphatic heterocycles. The lowest BCUT2D eigenvalue weighted by atomic mass is 10.1. The molecule has 1 fully saturated rings. The van der Waals surface area contributed by atoms with E-state index in [1.165, 1.54) is 11.3 Å². The fourth-order valence-corrected chi connectivity index (χ4v) is 4.41. The van der Waals surface area contributed by atoms with Crippen LogP contribution in [0.25, 0.3) is 10.2 Å². The molecule has 0 aromatic carbocycles. The van der Waals surface area contributed by atoms with E-state index in [1.54, 1.807) is 0 Å². The molecule has 1 saturated heterocycles. The number of hydrogen-bond donors (Lipinski definition) is 0. The lowest BCUT2D eigenvalue weighted by molar-refractivity contribution is -0.00537. The Kier molecular flexibility index (Phi) is 5.46. The Hall–Kier alpha value is -1.44. The van der Waals surface area contributed by atoms with Gasteiger partial charge in [0.1, 0.15) is 15.5 Å². The second-order valence-corrected chi connectivity index (χ2v) is 7.69. The van der Waals surface area contributed by atoms with Crippen molar-refractivity contribution in [2.24, 2.45) is 0 Å². The molecule has 6 nitrogen and oxygen atoms in total. The maximum Gasteiger partial charge on any atom is 0.348 e. The Morgan fingerprint density at radius 2 is 2.04 bits per heavy atom. The van der Waals surface area contributed by atoms with Gasteiger partial charge in [0.25, 0.3) is 0 Å². The molecule has 2 atom stereocenters. The molecule has 0 amide bonds. The van der Waals surface area contributed by atoms with Gasteiger partial charge in [-0.2, -0.15) is 4.98 Å². The van der Waals surface area contributed by atoms with Crippen molar-refractivity contribution in [3.63, 3.8) is 0 Å². The number of aromatic nitrogens is 2. The Morgan fingerprint density at radius 3 is 2.68 bits per heavy atom. The quantitative estimate of drug-likeness (QED) is 0.590. The molecule has 8 heteroatoms. The summed E-state index contributed by atoms with van der Waals surface area (Å²) in [6, 6.07) is 0. The monoisotopic (exact) mass is 383 g/mol. The number of rotatable bonds is 4. The van der Waals surface area contributed by atoms with Crippen molar-refractivity contribution in [1.29, 1.82) is 0 Å². The first-order valence-corrected chi connectivity index (χ1v) is 9.64. The van der Waals surface area contributed by atoms with E-state index in [1.807, 2.05) is 27.7 Å². The van der Waals surface area contributed by atoms with Gasteiger partial charge in [-0.1, -0.05) is 6.92 Å². The number of carbonyl (C=O) groups is 1. The zero-order valence-electron chi connectivity index (χ0n) is 14.8. The average molecular weight is 384 g/mol.